The Morgan fingerprint density at radius 3 is 2.75 bits per heavy atom. The lowest BCUT2D eigenvalue weighted by molar-refractivity contribution is -0.384. The van der Waals surface area contributed by atoms with Gasteiger partial charge in [-0.15, -0.1) is 0 Å². The second kappa shape index (κ2) is 7.78. The van der Waals surface area contributed by atoms with Crippen molar-refractivity contribution in [3.63, 3.8) is 0 Å². The number of ether oxygens (including phenoxy) is 3. The predicted octanol–water partition coefficient (Wildman–Crippen LogP) is 2.07. The molecule has 1 aromatic carbocycles. The first-order valence-corrected chi connectivity index (χ1v) is 5.86. The maximum Gasteiger partial charge on any atom is 0.344 e. The first kappa shape index (κ1) is 15.5. The molecule has 108 valence electrons. The molecule has 0 fully saturated rings. The Morgan fingerprint density at radius 1 is 1.35 bits per heavy atom. The number of hydrogen-bond acceptors (Lipinski definition) is 6. The largest absolute Gasteiger partial charge is 0.485 e. The second-order valence-corrected chi connectivity index (χ2v) is 3.68. The molecule has 0 spiro atoms. The van der Waals surface area contributed by atoms with Crippen LogP contribution in [0, 0.1) is 10.1 Å². The molecular weight excluding hydrogens is 266 g/mol. The molecule has 7 nitrogen and oxygen atoms in total. The van der Waals surface area contributed by atoms with Crippen molar-refractivity contribution < 1.29 is 23.9 Å². The number of non-ortho nitro benzene ring substituents is 1. The minimum atomic E-state index is -0.515. The van der Waals surface area contributed by atoms with Crippen LogP contribution in [0.5, 0.6) is 5.75 Å². The van der Waals surface area contributed by atoms with E-state index in [1.807, 2.05) is 0 Å². The third-order valence-corrected chi connectivity index (χ3v) is 2.13. The zero-order chi connectivity index (χ0) is 15.0. The molecule has 0 aliphatic heterocycles. The molecule has 0 aliphatic rings. The van der Waals surface area contributed by atoms with Gasteiger partial charge in [-0.2, -0.15) is 0 Å². The van der Waals surface area contributed by atoms with Gasteiger partial charge in [-0.25, -0.2) is 4.79 Å². The Balaban J connectivity index is 2.39. The quantitative estimate of drug-likeness (QED) is 0.314. The van der Waals surface area contributed by atoms with Crippen LogP contribution in [0.3, 0.4) is 0 Å². The van der Waals surface area contributed by atoms with Crippen molar-refractivity contribution >= 4 is 11.7 Å². The molecule has 0 unspecified atom stereocenters. The van der Waals surface area contributed by atoms with E-state index in [0.717, 1.165) is 0 Å². The number of esters is 1. The van der Waals surface area contributed by atoms with Crippen molar-refractivity contribution in [3.05, 3.63) is 46.7 Å². The van der Waals surface area contributed by atoms with E-state index in [1.165, 1.54) is 18.2 Å². The monoisotopic (exact) mass is 281 g/mol. The van der Waals surface area contributed by atoms with E-state index in [2.05, 4.69) is 11.3 Å². The lowest BCUT2D eigenvalue weighted by Gasteiger charge is -2.10. The summed E-state index contributed by atoms with van der Waals surface area (Å²) in [6.45, 7) is 5.28. The zero-order valence-corrected chi connectivity index (χ0v) is 11.0. The Hall–Kier alpha value is -2.57. The average molecular weight is 281 g/mol. The highest BCUT2D eigenvalue weighted by molar-refractivity contribution is 5.70. The molecule has 0 aromatic heterocycles. The van der Waals surface area contributed by atoms with Crippen molar-refractivity contribution in [2.75, 3.05) is 19.8 Å². The van der Waals surface area contributed by atoms with Crippen molar-refractivity contribution in [1.29, 1.82) is 0 Å². The van der Waals surface area contributed by atoms with Gasteiger partial charge in [-0.05, 0) is 13.0 Å². The van der Waals surface area contributed by atoms with Crippen LogP contribution in [0.1, 0.15) is 6.92 Å². The number of carbonyl (C=O) groups is 1. The highest BCUT2D eigenvalue weighted by Crippen LogP contribution is 2.19. The summed E-state index contributed by atoms with van der Waals surface area (Å²) in [5.74, 6) is 0.0497. The van der Waals surface area contributed by atoms with Crippen LogP contribution < -0.4 is 4.74 Å². The highest BCUT2D eigenvalue weighted by atomic mass is 16.6. The lowest BCUT2D eigenvalue weighted by atomic mass is 10.3. The summed E-state index contributed by atoms with van der Waals surface area (Å²) < 4.78 is 15.0. The number of carbonyl (C=O) groups excluding carboxylic acids is 1. The van der Waals surface area contributed by atoms with Crippen molar-refractivity contribution in [3.8, 4) is 5.75 Å². The molecule has 0 atom stereocenters. The number of nitrogens with zero attached hydrogens (tertiary/aromatic N) is 1. The standard InChI is InChI=1S/C13H15NO6/c1-3-18-13(15)9-19-10(2)8-20-12-6-4-5-11(7-12)14(16)17/h4-7H,2-3,8-9H2,1H3. The summed E-state index contributed by atoms with van der Waals surface area (Å²) in [6.07, 6.45) is 0. The van der Waals surface area contributed by atoms with Crippen molar-refractivity contribution in [2.24, 2.45) is 0 Å². The van der Waals surface area contributed by atoms with Crippen LogP contribution in [0.25, 0.3) is 0 Å². The third-order valence-electron chi connectivity index (χ3n) is 2.13. The Morgan fingerprint density at radius 2 is 2.10 bits per heavy atom. The fourth-order valence-corrected chi connectivity index (χ4v) is 1.26. The van der Waals surface area contributed by atoms with Crippen LogP contribution in [-0.4, -0.2) is 30.7 Å². The fourth-order valence-electron chi connectivity index (χ4n) is 1.26. The molecule has 0 aliphatic carbocycles. The minimum Gasteiger partial charge on any atom is -0.485 e. The Labute approximate surface area is 115 Å². The predicted molar refractivity (Wildman–Crippen MR) is 70.3 cm³/mol. The van der Waals surface area contributed by atoms with Gasteiger partial charge in [0.25, 0.3) is 5.69 Å². The maximum absolute atomic E-state index is 11.0. The fraction of sp³-hybridized carbons (Fsp3) is 0.308. The number of nitro benzene ring substituents is 1. The van der Waals surface area contributed by atoms with Gasteiger partial charge in [-0.1, -0.05) is 12.6 Å². The van der Waals surface area contributed by atoms with Gasteiger partial charge in [0.1, 0.15) is 18.1 Å². The van der Waals surface area contributed by atoms with E-state index in [4.69, 9.17) is 9.47 Å². The molecule has 0 bridgehead atoms. The molecule has 0 N–H and O–H groups in total. The van der Waals surface area contributed by atoms with Crippen molar-refractivity contribution in [2.45, 2.75) is 6.92 Å². The molecule has 20 heavy (non-hydrogen) atoms. The van der Waals surface area contributed by atoms with Gasteiger partial charge >= 0.3 is 5.97 Å². The minimum absolute atomic E-state index is 0.0133. The maximum atomic E-state index is 11.0. The van der Waals surface area contributed by atoms with E-state index >= 15 is 0 Å². The molecule has 7 heteroatoms. The first-order valence-electron chi connectivity index (χ1n) is 5.86. The summed E-state index contributed by atoms with van der Waals surface area (Å²) in [7, 11) is 0. The van der Waals surface area contributed by atoms with Crippen LogP contribution in [-0.2, 0) is 14.3 Å². The molecule has 1 rings (SSSR count). The molecule has 0 saturated carbocycles. The van der Waals surface area contributed by atoms with Crippen LogP contribution in [0.15, 0.2) is 36.6 Å². The Kier molecular flexibility index (Phi) is 6.02. The molecule has 0 saturated heterocycles. The van der Waals surface area contributed by atoms with Crippen molar-refractivity contribution in [1.82, 2.24) is 0 Å². The van der Waals surface area contributed by atoms with Crippen LogP contribution in [0.2, 0.25) is 0 Å². The summed E-state index contributed by atoms with van der Waals surface area (Å²) in [6, 6.07) is 5.74. The van der Waals surface area contributed by atoms with E-state index in [0.29, 0.717) is 5.75 Å². The molecule has 0 amide bonds. The average Bonchev–Trinajstić information content (AvgIpc) is 2.43. The smallest absolute Gasteiger partial charge is 0.344 e. The van der Waals surface area contributed by atoms with E-state index < -0.39 is 10.9 Å². The second-order valence-electron chi connectivity index (χ2n) is 3.68. The highest BCUT2D eigenvalue weighted by Gasteiger charge is 2.08. The number of hydrogen-bond donors (Lipinski definition) is 0. The molecule has 0 heterocycles. The van der Waals surface area contributed by atoms with Gasteiger partial charge in [0.2, 0.25) is 0 Å². The van der Waals surface area contributed by atoms with Gasteiger partial charge in [0.15, 0.2) is 6.61 Å². The lowest BCUT2D eigenvalue weighted by Crippen LogP contribution is -2.14. The molecular formula is C13H15NO6. The van der Waals surface area contributed by atoms with Gasteiger partial charge < -0.3 is 14.2 Å². The number of benzene rings is 1. The number of rotatable bonds is 8. The summed E-state index contributed by atoms with van der Waals surface area (Å²) in [4.78, 5) is 21.1. The summed E-state index contributed by atoms with van der Waals surface area (Å²) >= 11 is 0. The van der Waals surface area contributed by atoms with Crippen LogP contribution >= 0.6 is 0 Å². The molecule has 0 radical (unpaired) electrons. The van der Waals surface area contributed by atoms with E-state index in [9.17, 15) is 14.9 Å². The van der Waals surface area contributed by atoms with Crippen LogP contribution in [0.4, 0.5) is 5.69 Å². The topological polar surface area (TPSA) is 87.9 Å². The third kappa shape index (κ3) is 5.38. The normalized spacial score (nSPS) is 9.65. The number of nitro groups is 1. The van der Waals surface area contributed by atoms with Gasteiger partial charge in [-0.3, -0.25) is 10.1 Å². The zero-order valence-electron chi connectivity index (χ0n) is 11.0. The SMILES string of the molecule is C=C(COc1cccc([N+](=O)[O-])c1)OCC(=O)OCC. The van der Waals surface area contributed by atoms with E-state index in [-0.39, 0.29) is 31.3 Å². The van der Waals surface area contributed by atoms with Gasteiger partial charge in [0.05, 0.1) is 17.6 Å². The molecule has 1 aromatic rings. The Bertz CT molecular complexity index is 499. The van der Waals surface area contributed by atoms with E-state index in [1.54, 1.807) is 13.0 Å². The summed E-state index contributed by atoms with van der Waals surface area (Å²) in [5.41, 5.74) is -0.0689. The summed E-state index contributed by atoms with van der Waals surface area (Å²) in [5, 5.41) is 10.6. The van der Waals surface area contributed by atoms with Gasteiger partial charge in [0, 0.05) is 6.07 Å². The first-order chi connectivity index (χ1) is 9.52.